The van der Waals surface area contributed by atoms with Crippen molar-refractivity contribution < 1.29 is 14.4 Å². The van der Waals surface area contributed by atoms with Crippen LogP contribution < -0.4 is 16.0 Å². The van der Waals surface area contributed by atoms with Gasteiger partial charge in [0, 0.05) is 21.0 Å². The topological polar surface area (TPSA) is 111 Å². The molecule has 9 heteroatoms. The molecule has 2 unspecified atom stereocenters. The van der Waals surface area contributed by atoms with Crippen LogP contribution in [0.4, 0.5) is 10.7 Å². The van der Waals surface area contributed by atoms with Crippen molar-refractivity contribution in [1.29, 1.82) is 5.26 Å². The minimum atomic E-state index is -0.656. The molecule has 0 fully saturated rings. The molecule has 0 radical (unpaired) electrons. The van der Waals surface area contributed by atoms with Gasteiger partial charge in [0.15, 0.2) is 0 Å². The Balaban J connectivity index is 1.11. The molecule has 3 amide bonds. The number of anilines is 2. The van der Waals surface area contributed by atoms with Crippen LogP contribution in [0.25, 0.3) is 6.08 Å². The van der Waals surface area contributed by atoms with Gasteiger partial charge in [-0.15, -0.1) is 23.1 Å². The molecule has 7 rings (SSSR count). The Morgan fingerprint density at radius 2 is 1.55 bits per heavy atom. The van der Waals surface area contributed by atoms with Crippen LogP contribution in [-0.4, -0.2) is 17.7 Å². The van der Waals surface area contributed by atoms with Crippen molar-refractivity contribution in [3.63, 3.8) is 0 Å². The number of fused-ring (bicyclic) bond motifs is 1. The van der Waals surface area contributed by atoms with Gasteiger partial charge in [-0.3, -0.25) is 14.4 Å². The van der Waals surface area contributed by atoms with Gasteiger partial charge in [-0.05, 0) is 90.8 Å². The Hall–Kier alpha value is -6.21. The third kappa shape index (κ3) is 9.13. The predicted molar refractivity (Wildman–Crippen MR) is 222 cm³/mol. The van der Waals surface area contributed by atoms with Crippen LogP contribution in [0.15, 0.2) is 150 Å². The number of hydrogen-bond acceptors (Lipinski definition) is 6. The molecule has 55 heavy (non-hydrogen) atoms. The highest BCUT2D eigenvalue weighted by Crippen LogP contribution is 2.44. The van der Waals surface area contributed by atoms with E-state index in [9.17, 15) is 19.6 Å². The van der Waals surface area contributed by atoms with Crippen LogP contribution in [0.1, 0.15) is 66.2 Å². The SMILES string of the molecule is Cc1cccc(/C=C(/NC(=O)c2ccccc2)C(=O)Nc2cccc(SC(C(=O)Nc3sc4c(c3C#N)CCC(c3ccccc3)C4)c3ccccc3)c2)c1. The Bertz CT molecular complexity index is 2400. The lowest BCUT2D eigenvalue weighted by Crippen LogP contribution is -2.30. The summed E-state index contributed by atoms with van der Waals surface area (Å²) in [5.41, 5.74) is 6.47. The monoisotopic (exact) mass is 758 g/mol. The van der Waals surface area contributed by atoms with Gasteiger partial charge >= 0.3 is 0 Å². The molecule has 1 heterocycles. The Kier molecular flexibility index (Phi) is 11.7. The van der Waals surface area contributed by atoms with E-state index in [0.717, 1.165) is 51.3 Å². The van der Waals surface area contributed by atoms with Crippen LogP contribution in [0.2, 0.25) is 0 Å². The van der Waals surface area contributed by atoms with E-state index in [-0.39, 0.29) is 11.6 Å². The van der Waals surface area contributed by atoms with Gasteiger partial charge in [-0.25, -0.2) is 0 Å². The van der Waals surface area contributed by atoms with E-state index >= 15 is 0 Å². The molecule has 2 atom stereocenters. The molecule has 5 aromatic carbocycles. The summed E-state index contributed by atoms with van der Waals surface area (Å²) >= 11 is 2.85. The van der Waals surface area contributed by atoms with Crippen LogP contribution in [0.3, 0.4) is 0 Å². The number of nitriles is 1. The van der Waals surface area contributed by atoms with E-state index in [1.165, 1.54) is 28.7 Å². The van der Waals surface area contributed by atoms with Gasteiger partial charge in [-0.1, -0.05) is 115 Å². The zero-order valence-corrected chi connectivity index (χ0v) is 31.8. The summed E-state index contributed by atoms with van der Waals surface area (Å²) in [6, 6.07) is 46.0. The minimum absolute atomic E-state index is 0.0843. The number of nitrogens with one attached hydrogen (secondary N) is 3. The molecule has 0 saturated heterocycles. The second-order valence-electron chi connectivity index (χ2n) is 13.3. The minimum Gasteiger partial charge on any atom is -0.321 e. The number of aryl methyl sites for hydroxylation is 1. The average molecular weight is 759 g/mol. The number of thioether (sulfide) groups is 1. The molecule has 0 aliphatic heterocycles. The van der Waals surface area contributed by atoms with Crippen molar-refractivity contribution in [3.05, 3.63) is 189 Å². The van der Waals surface area contributed by atoms with Crippen molar-refractivity contribution in [3.8, 4) is 6.07 Å². The van der Waals surface area contributed by atoms with Crippen molar-refractivity contribution in [2.45, 2.75) is 42.2 Å². The Labute approximate surface area is 329 Å². The lowest BCUT2D eigenvalue weighted by molar-refractivity contribution is -0.116. The Morgan fingerprint density at radius 1 is 0.836 bits per heavy atom. The number of carbonyl (C=O) groups is 3. The summed E-state index contributed by atoms with van der Waals surface area (Å²) in [5.74, 6) is -0.771. The van der Waals surface area contributed by atoms with E-state index in [1.54, 1.807) is 36.4 Å². The van der Waals surface area contributed by atoms with E-state index in [0.29, 0.717) is 27.7 Å². The van der Waals surface area contributed by atoms with Gasteiger partial charge in [0.25, 0.3) is 11.8 Å². The van der Waals surface area contributed by atoms with Crippen LogP contribution in [0, 0.1) is 18.3 Å². The maximum absolute atomic E-state index is 14.2. The molecular formula is C46H38N4O3S2. The van der Waals surface area contributed by atoms with E-state index < -0.39 is 17.1 Å². The van der Waals surface area contributed by atoms with Gasteiger partial charge in [-0.2, -0.15) is 5.26 Å². The maximum atomic E-state index is 14.2. The lowest BCUT2D eigenvalue weighted by atomic mass is 9.83. The van der Waals surface area contributed by atoms with Crippen LogP contribution in [-0.2, 0) is 22.4 Å². The molecule has 7 nitrogen and oxygen atoms in total. The van der Waals surface area contributed by atoms with Gasteiger partial charge < -0.3 is 16.0 Å². The smallest absolute Gasteiger partial charge is 0.272 e. The average Bonchev–Trinajstić information content (AvgIpc) is 3.56. The highest BCUT2D eigenvalue weighted by Gasteiger charge is 2.29. The van der Waals surface area contributed by atoms with Gasteiger partial charge in [0.05, 0.1) is 5.56 Å². The predicted octanol–water partition coefficient (Wildman–Crippen LogP) is 10.1. The second kappa shape index (κ2) is 17.3. The fraction of sp³-hybridized carbons (Fsp3) is 0.130. The fourth-order valence-electron chi connectivity index (χ4n) is 6.73. The summed E-state index contributed by atoms with van der Waals surface area (Å²) in [4.78, 5) is 43.0. The van der Waals surface area contributed by atoms with Gasteiger partial charge in [0.1, 0.15) is 22.0 Å². The second-order valence-corrected chi connectivity index (χ2v) is 15.6. The highest BCUT2D eigenvalue weighted by atomic mass is 32.2. The van der Waals surface area contributed by atoms with Crippen LogP contribution >= 0.6 is 23.1 Å². The summed E-state index contributed by atoms with van der Waals surface area (Å²) < 4.78 is 0. The summed E-state index contributed by atoms with van der Waals surface area (Å²) in [6.45, 7) is 1.96. The third-order valence-corrected chi connectivity index (χ3v) is 11.9. The molecular weight excluding hydrogens is 721 g/mol. The number of carbonyl (C=O) groups excluding carboxylic acids is 3. The zero-order valence-electron chi connectivity index (χ0n) is 30.1. The molecule has 1 aliphatic rings. The zero-order chi connectivity index (χ0) is 38.1. The summed E-state index contributed by atoms with van der Waals surface area (Å²) in [5, 5.41) is 19.0. The highest BCUT2D eigenvalue weighted by molar-refractivity contribution is 8.00. The fourth-order valence-corrected chi connectivity index (χ4v) is 9.10. The Morgan fingerprint density at radius 3 is 2.27 bits per heavy atom. The largest absolute Gasteiger partial charge is 0.321 e. The van der Waals surface area contributed by atoms with E-state index in [2.05, 4.69) is 46.3 Å². The van der Waals surface area contributed by atoms with Crippen molar-refractivity contribution in [1.82, 2.24) is 5.32 Å². The number of rotatable bonds is 11. The number of hydrogen-bond donors (Lipinski definition) is 3. The quantitative estimate of drug-likeness (QED) is 0.0900. The molecule has 272 valence electrons. The molecule has 1 aromatic heterocycles. The molecule has 3 N–H and O–H groups in total. The normalized spacial score (nSPS) is 14.2. The first-order chi connectivity index (χ1) is 26.8. The lowest BCUT2D eigenvalue weighted by Gasteiger charge is -2.22. The molecule has 0 spiro atoms. The maximum Gasteiger partial charge on any atom is 0.272 e. The van der Waals surface area contributed by atoms with Gasteiger partial charge in [0.2, 0.25) is 5.91 Å². The first-order valence-corrected chi connectivity index (χ1v) is 19.7. The number of thiophene rings is 1. The number of amides is 3. The standard InChI is InChI=1S/C46H38N4O3S2/c1-30-13-11-14-31(25-30)26-40(49-43(51)34-19-9-4-10-20-34)44(52)48-36-21-12-22-37(28-36)54-42(33-17-7-3-8-18-33)45(53)50-46-39(29-47)38-24-23-35(27-41(38)55-46)32-15-5-2-6-16-32/h2-22,25-26,28,35,42H,23-24,27H2,1H3,(H,48,52)(H,49,51)(H,50,53)/b40-26+. The van der Waals surface area contributed by atoms with Crippen molar-refractivity contribution in [2.24, 2.45) is 0 Å². The number of nitrogens with zero attached hydrogens (tertiary/aromatic N) is 1. The van der Waals surface area contributed by atoms with Crippen molar-refractivity contribution >= 4 is 57.6 Å². The van der Waals surface area contributed by atoms with E-state index in [4.69, 9.17) is 0 Å². The summed E-state index contributed by atoms with van der Waals surface area (Å²) in [7, 11) is 0. The van der Waals surface area contributed by atoms with Crippen molar-refractivity contribution in [2.75, 3.05) is 10.6 Å². The summed E-state index contributed by atoms with van der Waals surface area (Å²) in [6.07, 6.45) is 4.23. The molecule has 6 aromatic rings. The number of benzene rings is 5. The van der Waals surface area contributed by atoms with Crippen LogP contribution in [0.5, 0.6) is 0 Å². The molecule has 1 aliphatic carbocycles. The first-order valence-electron chi connectivity index (χ1n) is 18.0. The third-order valence-electron chi connectivity index (χ3n) is 9.45. The first kappa shape index (κ1) is 37.1. The van der Waals surface area contributed by atoms with E-state index in [1.807, 2.05) is 91.9 Å². The molecule has 0 saturated carbocycles. The molecule has 0 bridgehead atoms.